The van der Waals surface area contributed by atoms with E-state index >= 15 is 0 Å². The molecule has 1 unspecified atom stereocenters. The molecule has 0 aliphatic carbocycles. The molecule has 3 heterocycles. The number of carbonyl (C=O) groups is 2. The minimum absolute atomic E-state index is 0.0692. The Labute approximate surface area is 178 Å². The number of hydrogen-bond donors (Lipinski definition) is 1. The molecule has 0 bridgehead atoms. The van der Waals surface area contributed by atoms with Gasteiger partial charge in [0.25, 0.3) is 5.91 Å². The van der Waals surface area contributed by atoms with Crippen molar-refractivity contribution in [3.8, 4) is 0 Å². The number of nitrogens with zero attached hydrogens (tertiary/aromatic N) is 3. The highest BCUT2D eigenvalue weighted by molar-refractivity contribution is 6.02. The van der Waals surface area contributed by atoms with Crippen LogP contribution in [0.1, 0.15) is 55.8 Å². The fourth-order valence-corrected chi connectivity index (χ4v) is 4.59. The number of para-hydroxylation sites is 1. The summed E-state index contributed by atoms with van der Waals surface area (Å²) >= 11 is 0. The summed E-state index contributed by atoms with van der Waals surface area (Å²) in [5.74, 6) is 1.32. The van der Waals surface area contributed by atoms with Crippen LogP contribution in [0.25, 0.3) is 10.9 Å². The van der Waals surface area contributed by atoms with Gasteiger partial charge in [0.05, 0.1) is 11.1 Å². The van der Waals surface area contributed by atoms with Crippen molar-refractivity contribution in [2.45, 2.75) is 45.4 Å². The van der Waals surface area contributed by atoms with Gasteiger partial charge in [-0.15, -0.1) is 0 Å². The Morgan fingerprint density at radius 3 is 2.73 bits per heavy atom. The summed E-state index contributed by atoms with van der Waals surface area (Å²) < 4.78 is 0. The fourth-order valence-electron chi connectivity index (χ4n) is 4.59. The van der Waals surface area contributed by atoms with Crippen LogP contribution in [0.3, 0.4) is 0 Å². The molecule has 0 saturated carbocycles. The van der Waals surface area contributed by atoms with E-state index in [0.29, 0.717) is 31.0 Å². The summed E-state index contributed by atoms with van der Waals surface area (Å²) in [5.41, 5.74) is 1.65. The van der Waals surface area contributed by atoms with E-state index < -0.39 is 0 Å². The maximum Gasteiger partial charge on any atom is 0.257 e. The lowest BCUT2D eigenvalue weighted by Gasteiger charge is -2.34. The third-order valence-corrected chi connectivity index (χ3v) is 6.21. The van der Waals surface area contributed by atoms with Gasteiger partial charge >= 0.3 is 0 Å². The van der Waals surface area contributed by atoms with Gasteiger partial charge in [0.15, 0.2) is 0 Å². The number of fused-ring (bicyclic) bond motifs is 1. The van der Waals surface area contributed by atoms with Crippen LogP contribution in [0.5, 0.6) is 0 Å². The van der Waals surface area contributed by atoms with Crippen LogP contribution in [0.4, 0.5) is 5.82 Å². The summed E-state index contributed by atoms with van der Waals surface area (Å²) in [6.07, 6.45) is 5.73. The molecule has 1 aromatic carbocycles. The second-order valence-corrected chi connectivity index (χ2v) is 8.56. The van der Waals surface area contributed by atoms with E-state index in [4.69, 9.17) is 4.98 Å². The Morgan fingerprint density at radius 1 is 1.13 bits per heavy atom. The first-order valence-electron chi connectivity index (χ1n) is 11.4. The molecule has 4 rings (SSSR count). The lowest BCUT2D eigenvalue weighted by atomic mass is 9.97. The Balaban J connectivity index is 1.54. The summed E-state index contributed by atoms with van der Waals surface area (Å²) in [5, 5.41) is 4.04. The smallest absolute Gasteiger partial charge is 0.257 e. The number of likely N-dealkylation sites (tertiary alicyclic amines) is 1. The standard InChI is InChI=1S/C24H32N4O2/c1-2-8-22(29)25-16-18-9-7-14-28(17-18)24(30)20-15-19-10-3-4-11-21(19)26-23(20)27-12-5-6-13-27/h3-4,10-11,15,18H,2,5-9,12-14,16-17H2,1H3,(H,25,29). The van der Waals surface area contributed by atoms with Crippen molar-refractivity contribution in [1.82, 2.24) is 15.2 Å². The van der Waals surface area contributed by atoms with Gasteiger partial charge in [0.2, 0.25) is 5.91 Å². The maximum absolute atomic E-state index is 13.6. The third kappa shape index (κ3) is 4.58. The van der Waals surface area contributed by atoms with E-state index in [-0.39, 0.29) is 11.8 Å². The zero-order chi connectivity index (χ0) is 20.9. The lowest BCUT2D eigenvalue weighted by molar-refractivity contribution is -0.121. The number of rotatable bonds is 6. The molecule has 1 atom stereocenters. The van der Waals surface area contributed by atoms with E-state index in [0.717, 1.165) is 68.5 Å². The van der Waals surface area contributed by atoms with Gasteiger partial charge in [-0.3, -0.25) is 9.59 Å². The Kier molecular flexibility index (Phi) is 6.50. The van der Waals surface area contributed by atoms with Crippen LogP contribution in [0.15, 0.2) is 30.3 Å². The molecule has 2 aliphatic heterocycles. The Hall–Kier alpha value is -2.63. The SMILES string of the molecule is CCCC(=O)NCC1CCCN(C(=O)c2cc3ccccc3nc2N2CCCC2)C1. The van der Waals surface area contributed by atoms with E-state index in [1.807, 2.05) is 42.2 Å². The van der Waals surface area contributed by atoms with Crippen molar-refractivity contribution in [2.75, 3.05) is 37.6 Å². The van der Waals surface area contributed by atoms with Crippen molar-refractivity contribution in [3.05, 3.63) is 35.9 Å². The van der Waals surface area contributed by atoms with Crippen molar-refractivity contribution in [1.29, 1.82) is 0 Å². The molecule has 2 fully saturated rings. The van der Waals surface area contributed by atoms with E-state index in [1.165, 1.54) is 0 Å². The van der Waals surface area contributed by atoms with Gasteiger partial charge in [-0.2, -0.15) is 0 Å². The van der Waals surface area contributed by atoms with E-state index in [1.54, 1.807) is 0 Å². The van der Waals surface area contributed by atoms with Crippen molar-refractivity contribution in [2.24, 2.45) is 5.92 Å². The molecule has 6 heteroatoms. The molecule has 160 valence electrons. The van der Waals surface area contributed by atoms with Crippen molar-refractivity contribution >= 4 is 28.5 Å². The minimum atomic E-state index is 0.0692. The van der Waals surface area contributed by atoms with Crippen LogP contribution >= 0.6 is 0 Å². The summed E-state index contributed by atoms with van der Waals surface area (Å²) in [6.45, 7) is 6.03. The Bertz CT molecular complexity index is 907. The first kappa shape index (κ1) is 20.6. The third-order valence-electron chi connectivity index (χ3n) is 6.21. The molecule has 2 amide bonds. The number of nitrogens with one attached hydrogen (secondary N) is 1. The Morgan fingerprint density at radius 2 is 1.93 bits per heavy atom. The molecular formula is C24H32N4O2. The number of carbonyl (C=O) groups excluding carboxylic acids is 2. The normalized spacial score (nSPS) is 19.3. The molecule has 1 N–H and O–H groups in total. The van der Waals surface area contributed by atoms with Gasteiger partial charge in [0, 0.05) is 44.5 Å². The van der Waals surface area contributed by atoms with Crippen LogP contribution in [-0.4, -0.2) is 54.4 Å². The molecule has 0 spiro atoms. The van der Waals surface area contributed by atoms with Gasteiger partial charge in [-0.05, 0) is 50.2 Å². The summed E-state index contributed by atoms with van der Waals surface area (Å²) in [7, 11) is 0. The van der Waals surface area contributed by atoms with Crippen LogP contribution in [0, 0.1) is 5.92 Å². The zero-order valence-electron chi connectivity index (χ0n) is 17.9. The van der Waals surface area contributed by atoms with E-state index in [9.17, 15) is 9.59 Å². The first-order valence-corrected chi connectivity index (χ1v) is 11.4. The molecule has 1 aromatic heterocycles. The topological polar surface area (TPSA) is 65.5 Å². The van der Waals surface area contributed by atoms with Gasteiger partial charge < -0.3 is 15.1 Å². The highest BCUT2D eigenvalue weighted by Gasteiger charge is 2.29. The number of pyridine rings is 1. The predicted molar refractivity (Wildman–Crippen MR) is 120 cm³/mol. The average molecular weight is 409 g/mol. The first-order chi connectivity index (χ1) is 14.7. The number of anilines is 1. The molecule has 2 aliphatic rings. The predicted octanol–water partition coefficient (Wildman–Crippen LogP) is 3.60. The molecule has 6 nitrogen and oxygen atoms in total. The maximum atomic E-state index is 13.6. The number of hydrogen-bond acceptors (Lipinski definition) is 4. The van der Waals surface area contributed by atoms with Gasteiger partial charge in [-0.25, -0.2) is 4.98 Å². The van der Waals surface area contributed by atoms with Crippen LogP contribution in [-0.2, 0) is 4.79 Å². The van der Waals surface area contributed by atoms with E-state index in [2.05, 4.69) is 10.2 Å². The largest absolute Gasteiger partial charge is 0.356 e. The highest BCUT2D eigenvalue weighted by Crippen LogP contribution is 2.29. The molecule has 2 aromatic rings. The second kappa shape index (κ2) is 9.45. The fraction of sp³-hybridized carbons (Fsp3) is 0.542. The minimum Gasteiger partial charge on any atom is -0.356 e. The van der Waals surface area contributed by atoms with Crippen LogP contribution in [0.2, 0.25) is 0 Å². The quantitative estimate of drug-likeness (QED) is 0.793. The number of aromatic nitrogens is 1. The van der Waals surface area contributed by atoms with Crippen LogP contribution < -0.4 is 10.2 Å². The monoisotopic (exact) mass is 408 g/mol. The highest BCUT2D eigenvalue weighted by atomic mass is 16.2. The number of piperidine rings is 1. The second-order valence-electron chi connectivity index (χ2n) is 8.56. The number of benzene rings is 1. The molecule has 0 radical (unpaired) electrons. The van der Waals surface area contributed by atoms with Gasteiger partial charge in [-0.1, -0.05) is 25.1 Å². The molecular weight excluding hydrogens is 376 g/mol. The summed E-state index contributed by atoms with van der Waals surface area (Å²) in [6, 6.07) is 10.0. The van der Waals surface area contributed by atoms with Crippen molar-refractivity contribution < 1.29 is 9.59 Å². The molecule has 2 saturated heterocycles. The average Bonchev–Trinajstić information content (AvgIpc) is 3.31. The zero-order valence-corrected chi connectivity index (χ0v) is 17.9. The van der Waals surface area contributed by atoms with Gasteiger partial charge in [0.1, 0.15) is 5.82 Å². The lowest BCUT2D eigenvalue weighted by Crippen LogP contribution is -2.44. The molecule has 30 heavy (non-hydrogen) atoms. The van der Waals surface area contributed by atoms with Crippen molar-refractivity contribution in [3.63, 3.8) is 0 Å². The number of amides is 2. The summed E-state index contributed by atoms with van der Waals surface area (Å²) in [4.78, 5) is 34.5.